The van der Waals surface area contributed by atoms with E-state index in [0.29, 0.717) is 5.22 Å². The maximum atomic E-state index is 13.0. The highest BCUT2D eigenvalue weighted by molar-refractivity contribution is 6.29. The van der Waals surface area contributed by atoms with Crippen molar-refractivity contribution < 1.29 is 27.8 Å². The second-order valence-electron chi connectivity index (χ2n) is 5.79. The summed E-state index contributed by atoms with van der Waals surface area (Å²) in [4.78, 5) is 0. The maximum Gasteiger partial charge on any atom is 0.198 e. The number of rotatable bonds is 6. The van der Waals surface area contributed by atoms with Crippen LogP contribution >= 0.6 is 11.6 Å². The smallest absolute Gasteiger partial charge is 0.198 e. The summed E-state index contributed by atoms with van der Waals surface area (Å²) in [7, 11) is 0. The molecule has 0 radical (unpaired) electrons. The van der Waals surface area contributed by atoms with Gasteiger partial charge in [-0.05, 0) is 31.0 Å². The van der Waals surface area contributed by atoms with E-state index >= 15 is 0 Å². The molecule has 7 heteroatoms. The van der Waals surface area contributed by atoms with Gasteiger partial charge in [-0.1, -0.05) is 13.3 Å². The van der Waals surface area contributed by atoms with Crippen molar-refractivity contribution in [3.8, 4) is 0 Å². The SMILES string of the molecule is CCC[C@H]1O[C@@H]2OC(C)(CF)O[C@@H]2[C@H]1OCc1ccoc1Cl. The molecule has 1 unspecified atom stereocenters. The zero-order valence-electron chi connectivity index (χ0n) is 12.6. The van der Waals surface area contributed by atoms with Crippen LogP contribution in [0.25, 0.3) is 0 Å². The Balaban J connectivity index is 1.69. The van der Waals surface area contributed by atoms with E-state index in [2.05, 4.69) is 6.92 Å². The van der Waals surface area contributed by atoms with Gasteiger partial charge in [0.05, 0.1) is 19.0 Å². The Morgan fingerprint density at radius 2 is 2.23 bits per heavy atom. The molecule has 0 N–H and O–H groups in total. The molecule has 0 aliphatic carbocycles. The molecule has 2 aliphatic heterocycles. The Bertz CT molecular complexity index is 510. The first-order valence-corrected chi connectivity index (χ1v) is 7.84. The Hall–Kier alpha value is -0.660. The van der Waals surface area contributed by atoms with Gasteiger partial charge in [-0.15, -0.1) is 0 Å². The van der Waals surface area contributed by atoms with Crippen LogP contribution in [-0.2, 0) is 25.6 Å². The van der Waals surface area contributed by atoms with Crippen LogP contribution in [0, 0.1) is 0 Å². The van der Waals surface area contributed by atoms with Crippen molar-refractivity contribution in [3.63, 3.8) is 0 Å². The number of halogens is 2. The molecule has 0 aromatic carbocycles. The van der Waals surface area contributed by atoms with E-state index in [1.807, 2.05) is 0 Å². The summed E-state index contributed by atoms with van der Waals surface area (Å²) in [5, 5.41) is 0.305. The third-order valence-corrected chi connectivity index (χ3v) is 4.29. The number of furan rings is 1. The molecule has 124 valence electrons. The molecule has 22 heavy (non-hydrogen) atoms. The molecule has 5 nitrogen and oxygen atoms in total. The molecule has 3 rings (SSSR count). The molecule has 2 aliphatic rings. The lowest BCUT2D eigenvalue weighted by molar-refractivity contribution is -0.234. The second-order valence-corrected chi connectivity index (χ2v) is 6.14. The fourth-order valence-electron chi connectivity index (χ4n) is 2.86. The molecule has 1 aromatic heterocycles. The van der Waals surface area contributed by atoms with E-state index in [0.717, 1.165) is 18.4 Å². The average Bonchev–Trinajstić information content (AvgIpc) is 3.12. The first kappa shape index (κ1) is 16.2. The van der Waals surface area contributed by atoms with Crippen LogP contribution in [0.1, 0.15) is 32.3 Å². The first-order chi connectivity index (χ1) is 10.6. The Kier molecular flexibility index (Phi) is 4.75. The highest BCUT2D eigenvalue weighted by Crippen LogP contribution is 2.40. The van der Waals surface area contributed by atoms with Gasteiger partial charge in [-0.25, -0.2) is 4.39 Å². The standard InChI is InChI=1S/C15H20ClFO5/c1-3-4-10-11(19-7-9-5-6-18-13(9)16)12-14(20-10)22-15(2,8-17)21-12/h5-6,10-12,14H,3-4,7-8H2,1-2H3/t10-,11+,12-,14-,15?/m1/s1. The predicted octanol–water partition coefficient (Wildman–Crippen LogP) is 3.44. The summed E-state index contributed by atoms with van der Waals surface area (Å²) >= 11 is 5.92. The van der Waals surface area contributed by atoms with Crippen molar-refractivity contribution >= 4 is 11.6 Å². The molecular formula is C15H20ClFO5. The van der Waals surface area contributed by atoms with Crippen LogP contribution in [-0.4, -0.2) is 37.1 Å². The third-order valence-electron chi connectivity index (χ3n) is 3.96. The minimum absolute atomic E-state index is 0.144. The summed E-state index contributed by atoms with van der Waals surface area (Å²) in [5.41, 5.74) is 0.757. The summed E-state index contributed by atoms with van der Waals surface area (Å²) in [5.74, 6) is -1.26. The quantitative estimate of drug-likeness (QED) is 0.797. The van der Waals surface area contributed by atoms with Gasteiger partial charge in [-0.2, -0.15) is 0 Å². The van der Waals surface area contributed by atoms with Crippen LogP contribution < -0.4 is 0 Å². The van der Waals surface area contributed by atoms with E-state index in [9.17, 15) is 4.39 Å². The summed E-state index contributed by atoms with van der Waals surface area (Å²) in [6.45, 7) is 3.17. The molecule has 0 amide bonds. The molecule has 0 saturated carbocycles. The van der Waals surface area contributed by atoms with Gasteiger partial charge >= 0.3 is 0 Å². The van der Waals surface area contributed by atoms with Crippen molar-refractivity contribution in [1.29, 1.82) is 0 Å². The fourth-order valence-corrected chi connectivity index (χ4v) is 3.03. The predicted molar refractivity (Wildman–Crippen MR) is 76.2 cm³/mol. The largest absolute Gasteiger partial charge is 0.453 e. The molecular weight excluding hydrogens is 315 g/mol. The summed E-state index contributed by atoms with van der Waals surface area (Å²) < 4.78 is 41.1. The maximum absolute atomic E-state index is 13.0. The normalized spacial score (nSPS) is 37.6. The summed E-state index contributed by atoms with van der Waals surface area (Å²) in [6, 6.07) is 1.75. The van der Waals surface area contributed by atoms with E-state index in [1.165, 1.54) is 6.26 Å². The molecule has 0 spiro atoms. The number of alkyl halides is 1. The van der Waals surface area contributed by atoms with E-state index in [1.54, 1.807) is 13.0 Å². The molecule has 0 bridgehead atoms. The summed E-state index contributed by atoms with van der Waals surface area (Å²) in [6.07, 6.45) is 1.75. The van der Waals surface area contributed by atoms with Gasteiger partial charge in [-0.3, -0.25) is 0 Å². The Labute approximate surface area is 133 Å². The number of hydrogen-bond acceptors (Lipinski definition) is 5. The van der Waals surface area contributed by atoms with Crippen molar-refractivity contribution in [2.45, 2.75) is 63.7 Å². The number of fused-ring (bicyclic) bond motifs is 1. The fraction of sp³-hybridized carbons (Fsp3) is 0.733. The minimum atomic E-state index is -1.26. The minimum Gasteiger partial charge on any atom is -0.453 e. The monoisotopic (exact) mass is 334 g/mol. The molecule has 2 fully saturated rings. The number of hydrogen-bond donors (Lipinski definition) is 0. The Morgan fingerprint density at radius 1 is 1.41 bits per heavy atom. The van der Waals surface area contributed by atoms with Crippen LogP contribution in [0.4, 0.5) is 4.39 Å². The van der Waals surface area contributed by atoms with Crippen molar-refractivity contribution in [2.75, 3.05) is 6.67 Å². The zero-order valence-corrected chi connectivity index (χ0v) is 13.3. The van der Waals surface area contributed by atoms with Gasteiger partial charge in [0.1, 0.15) is 18.9 Å². The Morgan fingerprint density at radius 3 is 2.86 bits per heavy atom. The molecule has 3 heterocycles. The topological polar surface area (TPSA) is 50.1 Å². The van der Waals surface area contributed by atoms with Gasteiger partial charge < -0.3 is 23.4 Å². The zero-order chi connectivity index (χ0) is 15.7. The lowest BCUT2D eigenvalue weighted by Gasteiger charge is -2.26. The van der Waals surface area contributed by atoms with Crippen molar-refractivity contribution in [2.24, 2.45) is 0 Å². The molecule has 1 aromatic rings. The van der Waals surface area contributed by atoms with E-state index < -0.39 is 24.9 Å². The highest BCUT2D eigenvalue weighted by Gasteiger charge is 2.56. The first-order valence-electron chi connectivity index (χ1n) is 7.47. The lowest BCUT2D eigenvalue weighted by atomic mass is 10.1. The van der Waals surface area contributed by atoms with E-state index in [-0.39, 0.29) is 18.8 Å². The average molecular weight is 335 g/mol. The van der Waals surface area contributed by atoms with Gasteiger partial charge in [0.25, 0.3) is 0 Å². The van der Waals surface area contributed by atoms with Crippen LogP contribution in [0.2, 0.25) is 5.22 Å². The van der Waals surface area contributed by atoms with Crippen molar-refractivity contribution in [1.82, 2.24) is 0 Å². The lowest BCUT2D eigenvalue weighted by Crippen LogP contribution is -2.38. The van der Waals surface area contributed by atoms with E-state index in [4.69, 9.17) is 35.0 Å². The van der Waals surface area contributed by atoms with Crippen molar-refractivity contribution in [3.05, 3.63) is 23.1 Å². The van der Waals surface area contributed by atoms with Crippen LogP contribution in [0.15, 0.2) is 16.7 Å². The van der Waals surface area contributed by atoms with Gasteiger partial charge in [0.15, 0.2) is 17.3 Å². The molecule has 5 atom stereocenters. The van der Waals surface area contributed by atoms with Crippen LogP contribution in [0.5, 0.6) is 0 Å². The molecule has 2 saturated heterocycles. The second kappa shape index (κ2) is 6.45. The third kappa shape index (κ3) is 3.03. The van der Waals surface area contributed by atoms with Crippen LogP contribution in [0.3, 0.4) is 0 Å². The number of ether oxygens (including phenoxy) is 4. The van der Waals surface area contributed by atoms with Gasteiger partial charge in [0.2, 0.25) is 0 Å². The van der Waals surface area contributed by atoms with Gasteiger partial charge in [0, 0.05) is 5.56 Å². The highest BCUT2D eigenvalue weighted by atomic mass is 35.5.